The smallest absolute Gasteiger partial charge is 0.317 e. The minimum Gasteiger partial charge on any atom is -0.480 e. The van der Waals surface area contributed by atoms with Crippen LogP contribution in [0.1, 0.15) is 12.1 Å². The summed E-state index contributed by atoms with van der Waals surface area (Å²) in [6.07, 6.45) is 1.61. The Morgan fingerprint density at radius 1 is 1.36 bits per heavy atom. The molecule has 1 aromatic carbocycles. The highest BCUT2D eigenvalue weighted by Gasteiger charge is 2.09. The van der Waals surface area contributed by atoms with Crippen molar-refractivity contribution >= 4 is 5.97 Å². The first-order valence-corrected chi connectivity index (χ1v) is 7.15. The zero-order valence-electron chi connectivity index (χ0n) is 12.8. The van der Waals surface area contributed by atoms with E-state index in [1.54, 1.807) is 28.8 Å². The van der Waals surface area contributed by atoms with Gasteiger partial charge in [0.05, 0.1) is 17.9 Å². The molecule has 6 heteroatoms. The maximum absolute atomic E-state index is 13.0. The molecule has 22 heavy (non-hydrogen) atoms. The van der Waals surface area contributed by atoms with Crippen molar-refractivity contribution < 1.29 is 14.3 Å². The second-order valence-electron chi connectivity index (χ2n) is 5.39. The van der Waals surface area contributed by atoms with Crippen molar-refractivity contribution in [1.29, 1.82) is 0 Å². The number of aryl methyl sites for hydroxylation is 2. The molecule has 0 fully saturated rings. The molecule has 0 unspecified atom stereocenters. The van der Waals surface area contributed by atoms with Crippen LogP contribution < -0.4 is 0 Å². The fourth-order valence-corrected chi connectivity index (χ4v) is 2.38. The van der Waals surface area contributed by atoms with Crippen molar-refractivity contribution in [2.45, 2.75) is 12.8 Å². The van der Waals surface area contributed by atoms with Crippen molar-refractivity contribution in [3.05, 3.63) is 41.8 Å². The Hall–Kier alpha value is -2.21. The number of likely N-dealkylation sites (N-methyl/N-ethyl adjacent to an activating group) is 1. The van der Waals surface area contributed by atoms with Crippen molar-refractivity contribution in [3.8, 4) is 11.3 Å². The third-order valence-corrected chi connectivity index (χ3v) is 3.45. The quantitative estimate of drug-likeness (QED) is 0.852. The second-order valence-corrected chi connectivity index (χ2v) is 5.39. The third kappa shape index (κ3) is 4.39. The molecule has 1 N–H and O–H groups in total. The van der Waals surface area contributed by atoms with Crippen LogP contribution in [0, 0.1) is 5.82 Å². The van der Waals surface area contributed by atoms with E-state index in [0.29, 0.717) is 6.54 Å². The Balaban J connectivity index is 1.95. The highest BCUT2D eigenvalue weighted by Crippen LogP contribution is 2.20. The standard InChI is InChI=1S/C16H20FN3O2/c1-19(11-16(21)22)9-3-4-14-10-15(20(2)18-14)12-5-7-13(17)8-6-12/h5-8,10H,3-4,9,11H2,1-2H3,(H,21,22). The topological polar surface area (TPSA) is 58.4 Å². The SMILES string of the molecule is CN(CCCc1cc(-c2ccc(F)cc2)n(C)n1)CC(=O)O. The van der Waals surface area contributed by atoms with E-state index >= 15 is 0 Å². The van der Waals surface area contributed by atoms with Crippen molar-refractivity contribution in [1.82, 2.24) is 14.7 Å². The van der Waals surface area contributed by atoms with Gasteiger partial charge in [0, 0.05) is 7.05 Å². The number of hydrogen-bond acceptors (Lipinski definition) is 3. The average Bonchev–Trinajstić information content (AvgIpc) is 2.80. The van der Waals surface area contributed by atoms with Crippen molar-refractivity contribution in [2.24, 2.45) is 7.05 Å². The van der Waals surface area contributed by atoms with E-state index in [9.17, 15) is 9.18 Å². The summed E-state index contributed by atoms with van der Waals surface area (Å²) in [4.78, 5) is 12.4. The summed E-state index contributed by atoms with van der Waals surface area (Å²) in [6, 6.07) is 8.32. The number of carboxylic acid groups (broad SMARTS) is 1. The fourth-order valence-electron chi connectivity index (χ4n) is 2.38. The Morgan fingerprint density at radius 2 is 2.05 bits per heavy atom. The molecular weight excluding hydrogens is 285 g/mol. The fraction of sp³-hybridized carbons (Fsp3) is 0.375. The molecule has 0 aliphatic heterocycles. The maximum Gasteiger partial charge on any atom is 0.317 e. The van der Waals surface area contributed by atoms with E-state index in [-0.39, 0.29) is 12.4 Å². The molecule has 2 aromatic rings. The number of halogens is 1. The number of aliphatic carboxylic acids is 1. The highest BCUT2D eigenvalue weighted by molar-refractivity contribution is 5.69. The number of carbonyl (C=O) groups is 1. The molecule has 0 saturated carbocycles. The Bertz CT molecular complexity index is 637. The van der Waals surface area contributed by atoms with Crippen LogP contribution in [0.5, 0.6) is 0 Å². The van der Waals surface area contributed by atoms with E-state index in [2.05, 4.69) is 5.10 Å². The molecule has 0 aliphatic rings. The molecule has 1 aromatic heterocycles. The summed E-state index contributed by atoms with van der Waals surface area (Å²) < 4.78 is 14.8. The lowest BCUT2D eigenvalue weighted by atomic mass is 10.1. The predicted molar refractivity (Wildman–Crippen MR) is 82.1 cm³/mol. The number of carboxylic acids is 1. The van der Waals surface area contributed by atoms with Crippen molar-refractivity contribution in [3.63, 3.8) is 0 Å². The Labute approximate surface area is 129 Å². The van der Waals surface area contributed by atoms with Crippen LogP contribution in [0.15, 0.2) is 30.3 Å². The van der Waals surface area contributed by atoms with Gasteiger partial charge >= 0.3 is 5.97 Å². The van der Waals surface area contributed by atoms with Gasteiger partial charge < -0.3 is 5.11 Å². The number of nitrogens with zero attached hydrogens (tertiary/aromatic N) is 3. The van der Waals surface area contributed by atoms with Gasteiger partial charge in [-0.05, 0) is 62.3 Å². The second kappa shape index (κ2) is 7.17. The number of aromatic nitrogens is 2. The van der Waals surface area contributed by atoms with E-state index in [1.807, 2.05) is 13.1 Å². The molecule has 0 atom stereocenters. The molecule has 0 spiro atoms. The minimum absolute atomic E-state index is 0.0447. The molecule has 1 heterocycles. The normalized spacial score (nSPS) is 11.1. The molecule has 2 rings (SSSR count). The largest absolute Gasteiger partial charge is 0.480 e. The van der Waals surface area contributed by atoms with E-state index in [4.69, 9.17) is 5.11 Å². The molecule has 0 radical (unpaired) electrons. The lowest BCUT2D eigenvalue weighted by molar-refractivity contribution is -0.137. The molecule has 0 bridgehead atoms. The number of hydrogen-bond donors (Lipinski definition) is 1. The van der Waals surface area contributed by atoms with Crippen LogP contribution in [0.3, 0.4) is 0 Å². The monoisotopic (exact) mass is 305 g/mol. The number of benzene rings is 1. The van der Waals surface area contributed by atoms with Gasteiger partial charge in [-0.1, -0.05) is 0 Å². The molecule has 0 amide bonds. The van der Waals surface area contributed by atoms with Gasteiger partial charge in [0.25, 0.3) is 0 Å². The molecule has 5 nitrogen and oxygen atoms in total. The van der Waals surface area contributed by atoms with Gasteiger partial charge in [0.1, 0.15) is 5.82 Å². The first-order valence-electron chi connectivity index (χ1n) is 7.15. The summed E-state index contributed by atoms with van der Waals surface area (Å²) >= 11 is 0. The molecular formula is C16H20FN3O2. The lowest BCUT2D eigenvalue weighted by Gasteiger charge is -2.12. The lowest BCUT2D eigenvalue weighted by Crippen LogP contribution is -2.26. The van der Waals surface area contributed by atoms with Crippen LogP contribution in [0.25, 0.3) is 11.3 Å². The van der Waals surface area contributed by atoms with Crippen LogP contribution >= 0.6 is 0 Å². The molecule has 118 valence electrons. The summed E-state index contributed by atoms with van der Waals surface area (Å²) in [7, 11) is 3.65. The Morgan fingerprint density at radius 3 is 2.68 bits per heavy atom. The highest BCUT2D eigenvalue weighted by atomic mass is 19.1. The van der Waals surface area contributed by atoms with E-state index in [0.717, 1.165) is 29.8 Å². The van der Waals surface area contributed by atoms with Crippen LogP contribution in [-0.2, 0) is 18.3 Å². The van der Waals surface area contributed by atoms with Crippen LogP contribution in [0.4, 0.5) is 4.39 Å². The molecule has 0 saturated heterocycles. The summed E-state index contributed by atoms with van der Waals surface area (Å²) in [6.45, 7) is 0.748. The van der Waals surface area contributed by atoms with Gasteiger partial charge in [-0.3, -0.25) is 14.4 Å². The predicted octanol–water partition coefficient (Wildman–Crippen LogP) is 2.18. The van der Waals surface area contributed by atoms with Gasteiger partial charge in [-0.15, -0.1) is 0 Å². The zero-order valence-corrected chi connectivity index (χ0v) is 12.8. The average molecular weight is 305 g/mol. The van der Waals surface area contributed by atoms with Gasteiger partial charge in [0.15, 0.2) is 0 Å². The number of rotatable bonds is 7. The third-order valence-electron chi connectivity index (χ3n) is 3.45. The first kappa shape index (κ1) is 16.2. The minimum atomic E-state index is -0.820. The van der Waals surface area contributed by atoms with E-state index in [1.165, 1.54) is 12.1 Å². The summed E-state index contributed by atoms with van der Waals surface area (Å²) in [5.74, 6) is -1.08. The van der Waals surface area contributed by atoms with Crippen LogP contribution in [-0.4, -0.2) is 45.9 Å². The Kier molecular flexibility index (Phi) is 5.27. The van der Waals surface area contributed by atoms with Crippen LogP contribution in [0.2, 0.25) is 0 Å². The summed E-state index contributed by atoms with van der Waals surface area (Å²) in [5.41, 5.74) is 2.81. The first-order chi connectivity index (χ1) is 10.5. The van der Waals surface area contributed by atoms with Gasteiger partial charge in [-0.2, -0.15) is 5.10 Å². The van der Waals surface area contributed by atoms with E-state index < -0.39 is 5.97 Å². The summed E-state index contributed by atoms with van der Waals surface area (Å²) in [5, 5.41) is 13.2. The zero-order chi connectivity index (χ0) is 16.1. The maximum atomic E-state index is 13.0. The molecule has 0 aliphatic carbocycles. The van der Waals surface area contributed by atoms with Crippen molar-refractivity contribution in [2.75, 3.05) is 20.1 Å². The van der Waals surface area contributed by atoms with Gasteiger partial charge in [0.2, 0.25) is 0 Å². The van der Waals surface area contributed by atoms with Gasteiger partial charge in [-0.25, -0.2) is 4.39 Å².